The molecule has 0 fully saturated rings. The van der Waals surface area contributed by atoms with Crippen LogP contribution in [0.25, 0.3) is 0 Å². The zero-order chi connectivity index (χ0) is 17.5. The third-order valence-corrected chi connectivity index (χ3v) is 2.69. The highest BCUT2D eigenvalue weighted by Gasteiger charge is 2.27. The Morgan fingerprint density at radius 1 is 1.04 bits per heavy atom. The maximum atomic E-state index is 12.0. The molecule has 23 heavy (non-hydrogen) atoms. The van der Waals surface area contributed by atoms with Crippen molar-refractivity contribution in [1.82, 2.24) is 5.32 Å². The molecule has 0 heterocycles. The molecule has 126 valence electrons. The van der Waals surface area contributed by atoms with Gasteiger partial charge in [0.1, 0.15) is 0 Å². The van der Waals surface area contributed by atoms with Crippen LogP contribution < -0.4 is 10.6 Å². The number of nitrogens with one attached hydrogen (secondary N) is 2. The summed E-state index contributed by atoms with van der Waals surface area (Å²) in [5.41, 5.74) is 0.503. The van der Waals surface area contributed by atoms with E-state index in [1.165, 1.54) is 24.3 Å². The number of benzene rings is 1. The summed E-state index contributed by atoms with van der Waals surface area (Å²) in [6, 6.07) is 5.49. The number of alkyl halides is 3. The fourth-order valence-electron chi connectivity index (χ4n) is 1.57. The zero-order valence-corrected chi connectivity index (χ0v) is 11.9. The highest BCUT2D eigenvalue weighted by molar-refractivity contribution is 5.95. The van der Waals surface area contributed by atoms with Crippen LogP contribution in [0.3, 0.4) is 0 Å². The lowest BCUT2D eigenvalue weighted by Gasteiger charge is -2.08. The molecule has 0 saturated carbocycles. The maximum absolute atomic E-state index is 12.0. The molecule has 0 radical (unpaired) electrons. The van der Waals surface area contributed by atoms with E-state index in [1.807, 2.05) is 0 Å². The van der Waals surface area contributed by atoms with Crippen LogP contribution in [-0.2, 0) is 9.59 Å². The molecule has 1 rings (SSSR count). The van der Waals surface area contributed by atoms with Crippen LogP contribution in [0.1, 0.15) is 29.6 Å². The highest BCUT2D eigenvalue weighted by Crippen LogP contribution is 2.21. The molecule has 0 aromatic heterocycles. The summed E-state index contributed by atoms with van der Waals surface area (Å²) in [4.78, 5) is 33.3. The van der Waals surface area contributed by atoms with E-state index in [1.54, 1.807) is 0 Å². The van der Waals surface area contributed by atoms with Gasteiger partial charge < -0.3 is 15.7 Å². The lowest BCUT2D eigenvalue weighted by Crippen LogP contribution is -2.25. The second-order valence-corrected chi connectivity index (χ2v) is 4.64. The molecule has 1 aromatic rings. The lowest BCUT2D eigenvalue weighted by molar-refractivity contribution is -0.142. The maximum Gasteiger partial charge on any atom is 0.389 e. The fourth-order valence-corrected chi connectivity index (χ4v) is 1.57. The molecule has 9 heteroatoms. The molecule has 0 spiro atoms. The summed E-state index contributed by atoms with van der Waals surface area (Å²) >= 11 is 0. The van der Waals surface area contributed by atoms with Crippen molar-refractivity contribution in [2.24, 2.45) is 0 Å². The number of carboxylic acids is 1. The first-order chi connectivity index (χ1) is 10.7. The van der Waals surface area contributed by atoms with Crippen molar-refractivity contribution < 1.29 is 32.7 Å². The largest absolute Gasteiger partial charge is 0.481 e. The molecule has 0 aliphatic carbocycles. The number of hydrogen-bond acceptors (Lipinski definition) is 3. The van der Waals surface area contributed by atoms with Crippen molar-refractivity contribution >= 4 is 23.5 Å². The van der Waals surface area contributed by atoms with Crippen LogP contribution in [-0.4, -0.2) is 35.6 Å². The predicted octanol–water partition coefficient (Wildman–Crippen LogP) is 2.17. The first kappa shape index (κ1) is 18.5. The van der Waals surface area contributed by atoms with Crippen LogP contribution in [0.4, 0.5) is 18.9 Å². The van der Waals surface area contributed by atoms with Gasteiger partial charge in [0.25, 0.3) is 5.91 Å². The van der Waals surface area contributed by atoms with Gasteiger partial charge in [-0.2, -0.15) is 13.2 Å². The average molecular weight is 332 g/mol. The average Bonchev–Trinajstić information content (AvgIpc) is 2.44. The monoisotopic (exact) mass is 332 g/mol. The van der Waals surface area contributed by atoms with Crippen LogP contribution in [0.15, 0.2) is 24.3 Å². The smallest absolute Gasteiger partial charge is 0.389 e. The van der Waals surface area contributed by atoms with E-state index < -0.39 is 36.8 Å². The van der Waals surface area contributed by atoms with Gasteiger partial charge in [0.2, 0.25) is 5.91 Å². The third kappa shape index (κ3) is 7.84. The van der Waals surface area contributed by atoms with Crippen LogP contribution >= 0.6 is 0 Å². The van der Waals surface area contributed by atoms with Crippen molar-refractivity contribution in [2.75, 3.05) is 11.9 Å². The summed E-state index contributed by atoms with van der Waals surface area (Å²) < 4.78 is 36.0. The number of halogens is 3. The minimum absolute atomic E-state index is 0.0237. The molecule has 0 atom stereocenters. The van der Waals surface area contributed by atoms with Crippen molar-refractivity contribution in [3.63, 3.8) is 0 Å². The van der Waals surface area contributed by atoms with E-state index in [-0.39, 0.29) is 24.2 Å². The Hall–Kier alpha value is -2.58. The second kappa shape index (κ2) is 8.16. The molecule has 0 aliphatic rings. The lowest BCUT2D eigenvalue weighted by atomic mass is 10.2. The van der Waals surface area contributed by atoms with E-state index >= 15 is 0 Å². The van der Waals surface area contributed by atoms with Gasteiger partial charge in [0.15, 0.2) is 0 Å². The van der Waals surface area contributed by atoms with Gasteiger partial charge in [-0.3, -0.25) is 14.4 Å². The first-order valence-electron chi connectivity index (χ1n) is 6.64. The number of anilines is 1. The predicted molar refractivity (Wildman–Crippen MR) is 74.9 cm³/mol. The normalized spacial score (nSPS) is 10.9. The van der Waals surface area contributed by atoms with Gasteiger partial charge in [-0.15, -0.1) is 0 Å². The molecule has 0 bridgehead atoms. The molecule has 0 unspecified atom stereocenters. The van der Waals surface area contributed by atoms with E-state index in [9.17, 15) is 27.6 Å². The Morgan fingerprint density at radius 3 is 2.17 bits per heavy atom. The van der Waals surface area contributed by atoms with Crippen molar-refractivity contribution in [3.8, 4) is 0 Å². The van der Waals surface area contributed by atoms with Crippen LogP contribution in [0.5, 0.6) is 0 Å². The number of rotatable bonds is 7. The Balaban J connectivity index is 2.48. The number of aliphatic carboxylic acids is 1. The van der Waals surface area contributed by atoms with Gasteiger partial charge in [-0.05, 0) is 24.3 Å². The van der Waals surface area contributed by atoms with Crippen molar-refractivity contribution in [1.29, 1.82) is 0 Å². The summed E-state index contributed by atoms with van der Waals surface area (Å²) in [6.07, 6.45) is -6.49. The Morgan fingerprint density at radius 2 is 1.65 bits per heavy atom. The summed E-state index contributed by atoms with van der Waals surface area (Å²) in [7, 11) is 0. The fraction of sp³-hybridized carbons (Fsp3) is 0.357. The quantitative estimate of drug-likeness (QED) is 0.713. The van der Waals surface area contributed by atoms with Crippen LogP contribution in [0, 0.1) is 0 Å². The number of amides is 2. The Kier molecular flexibility index (Phi) is 6.55. The summed E-state index contributed by atoms with van der Waals surface area (Å²) in [5.74, 6) is -2.30. The second-order valence-electron chi connectivity index (χ2n) is 4.64. The molecular weight excluding hydrogens is 317 g/mol. The Bertz CT molecular complexity index is 570. The molecule has 6 nitrogen and oxygen atoms in total. The minimum Gasteiger partial charge on any atom is -0.481 e. The number of carbonyl (C=O) groups is 3. The van der Waals surface area contributed by atoms with Gasteiger partial charge in [-0.1, -0.05) is 0 Å². The zero-order valence-electron chi connectivity index (χ0n) is 11.9. The van der Waals surface area contributed by atoms with Gasteiger partial charge >= 0.3 is 12.1 Å². The summed E-state index contributed by atoms with van der Waals surface area (Å²) in [6.45, 7) is -0.0237. The number of carboxylic acid groups (broad SMARTS) is 1. The van der Waals surface area contributed by atoms with Crippen LogP contribution in [0.2, 0.25) is 0 Å². The summed E-state index contributed by atoms with van der Waals surface area (Å²) in [5, 5.41) is 13.1. The molecule has 3 N–H and O–H groups in total. The standard InChI is InChI=1S/C14H15F3N2O4/c15-14(16,17)7-5-11(20)19-10-3-1-9(2-4-10)13(23)18-8-6-12(21)22/h1-4H,5-8H2,(H,18,23)(H,19,20)(H,21,22). The first-order valence-corrected chi connectivity index (χ1v) is 6.64. The molecular formula is C14H15F3N2O4. The molecule has 2 amide bonds. The van der Waals surface area contributed by atoms with E-state index in [2.05, 4.69) is 10.6 Å². The van der Waals surface area contributed by atoms with Gasteiger partial charge in [0, 0.05) is 24.2 Å². The van der Waals surface area contributed by atoms with Gasteiger partial charge in [-0.25, -0.2) is 0 Å². The van der Waals surface area contributed by atoms with E-state index in [0.717, 1.165) is 0 Å². The number of carbonyl (C=O) groups excluding carboxylic acids is 2. The van der Waals surface area contributed by atoms with E-state index in [4.69, 9.17) is 5.11 Å². The minimum atomic E-state index is -4.39. The molecule has 0 aliphatic heterocycles. The molecule has 1 aromatic carbocycles. The van der Waals surface area contributed by atoms with E-state index in [0.29, 0.717) is 0 Å². The third-order valence-electron chi connectivity index (χ3n) is 2.69. The SMILES string of the molecule is O=C(O)CCNC(=O)c1ccc(NC(=O)CCC(F)(F)F)cc1. The highest BCUT2D eigenvalue weighted by atomic mass is 19.4. The Labute approximate surface area is 129 Å². The topological polar surface area (TPSA) is 95.5 Å². The van der Waals surface area contributed by atoms with Crippen molar-refractivity contribution in [2.45, 2.75) is 25.4 Å². The molecule has 0 saturated heterocycles. The van der Waals surface area contributed by atoms with Gasteiger partial charge in [0.05, 0.1) is 12.8 Å². The van der Waals surface area contributed by atoms with Crippen molar-refractivity contribution in [3.05, 3.63) is 29.8 Å². The number of hydrogen-bond donors (Lipinski definition) is 3.